The number of aliphatic hydroxyl groups is 1. The second-order valence-corrected chi connectivity index (χ2v) is 5.26. The molecule has 0 saturated heterocycles. The number of hydrogen-bond donors (Lipinski definition) is 2. The van der Waals surface area contributed by atoms with Crippen LogP contribution in [0.4, 0.5) is 5.69 Å². The molecule has 1 unspecified atom stereocenters. The Morgan fingerprint density at radius 2 is 2.24 bits per heavy atom. The van der Waals surface area contributed by atoms with E-state index in [9.17, 15) is 5.11 Å². The molecule has 0 aliphatic carbocycles. The molecule has 0 fully saturated rings. The van der Waals surface area contributed by atoms with Crippen molar-refractivity contribution in [1.82, 2.24) is 0 Å². The number of thiophene rings is 1. The van der Waals surface area contributed by atoms with Crippen LogP contribution in [0, 0.1) is 6.92 Å². The molecule has 0 spiro atoms. The molecule has 0 radical (unpaired) electrons. The van der Waals surface area contributed by atoms with E-state index in [1.807, 2.05) is 42.6 Å². The topological polar surface area (TPSA) is 32.3 Å². The minimum atomic E-state index is -0.477. The van der Waals surface area contributed by atoms with Gasteiger partial charge in [0.25, 0.3) is 0 Å². The molecule has 0 amide bonds. The molecular formula is C13H14ClNOS. The highest BCUT2D eigenvalue weighted by Crippen LogP contribution is 2.22. The van der Waals surface area contributed by atoms with Crippen molar-refractivity contribution in [1.29, 1.82) is 0 Å². The van der Waals surface area contributed by atoms with Crippen LogP contribution in [0.2, 0.25) is 5.02 Å². The van der Waals surface area contributed by atoms with Gasteiger partial charge in [-0.3, -0.25) is 0 Å². The van der Waals surface area contributed by atoms with Gasteiger partial charge in [0.15, 0.2) is 0 Å². The summed E-state index contributed by atoms with van der Waals surface area (Å²) in [5.41, 5.74) is 1.98. The third kappa shape index (κ3) is 3.22. The molecule has 2 N–H and O–H groups in total. The Bertz CT molecular complexity index is 484. The van der Waals surface area contributed by atoms with Crippen LogP contribution < -0.4 is 5.32 Å². The molecule has 2 aromatic rings. The highest BCUT2D eigenvalue weighted by atomic mass is 35.5. The molecule has 0 saturated carbocycles. The largest absolute Gasteiger partial charge is 0.386 e. The van der Waals surface area contributed by atoms with Crippen molar-refractivity contribution < 1.29 is 5.11 Å². The number of anilines is 1. The van der Waals surface area contributed by atoms with Crippen molar-refractivity contribution in [2.75, 3.05) is 11.9 Å². The average molecular weight is 268 g/mol. The summed E-state index contributed by atoms with van der Waals surface area (Å²) < 4.78 is 0. The molecule has 2 rings (SSSR count). The zero-order valence-electron chi connectivity index (χ0n) is 9.48. The highest BCUT2D eigenvalue weighted by molar-refractivity contribution is 7.10. The summed E-state index contributed by atoms with van der Waals surface area (Å²) in [5, 5.41) is 15.8. The summed E-state index contributed by atoms with van der Waals surface area (Å²) in [4.78, 5) is 0.968. The molecule has 1 heterocycles. The van der Waals surface area contributed by atoms with Crippen molar-refractivity contribution >= 4 is 28.6 Å². The monoisotopic (exact) mass is 267 g/mol. The molecule has 90 valence electrons. The smallest absolute Gasteiger partial charge is 0.105 e. The fraction of sp³-hybridized carbons (Fsp3) is 0.231. The van der Waals surface area contributed by atoms with E-state index in [0.29, 0.717) is 6.54 Å². The first-order chi connectivity index (χ1) is 8.16. The van der Waals surface area contributed by atoms with Gasteiger partial charge in [0.2, 0.25) is 0 Å². The van der Waals surface area contributed by atoms with Crippen molar-refractivity contribution in [3.05, 3.63) is 51.2 Å². The standard InChI is InChI=1S/C13H14ClNOS/c1-9-4-5-10(7-11(9)14)15-8-12(16)13-3-2-6-17-13/h2-7,12,15-16H,8H2,1H3. The summed E-state index contributed by atoms with van der Waals surface area (Å²) in [6.45, 7) is 2.45. The normalized spacial score (nSPS) is 12.4. The molecule has 0 aliphatic heterocycles. The fourth-order valence-electron chi connectivity index (χ4n) is 1.50. The van der Waals surface area contributed by atoms with Gasteiger partial charge in [0.05, 0.1) is 0 Å². The number of halogens is 1. The van der Waals surface area contributed by atoms with E-state index in [0.717, 1.165) is 21.2 Å². The molecular weight excluding hydrogens is 254 g/mol. The van der Waals surface area contributed by atoms with Crippen molar-refractivity contribution in [2.45, 2.75) is 13.0 Å². The highest BCUT2D eigenvalue weighted by Gasteiger charge is 2.08. The van der Waals surface area contributed by atoms with Crippen LogP contribution in [0.5, 0.6) is 0 Å². The quantitative estimate of drug-likeness (QED) is 0.882. The molecule has 1 aromatic carbocycles. The van der Waals surface area contributed by atoms with Crippen LogP contribution in [-0.4, -0.2) is 11.7 Å². The summed E-state index contributed by atoms with van der Waals surface area (Å²) in [7, 11) is 0. The maximum atomic E-state index is 9.91. The van der Waals surface area contributed by atoms with Crippen LogP contribution in [0.25, 0.3) is 0 Å². The van der Waals surface area contributed by atoms with E-state index in [1.54, 1.807) is 11.3 Å². The van der Waals surface area contributed by atoms with E-state index in [-0.39, 0.29) is 0 Å². The minimum absolute atomic E-state index is 0.477. The minimum Gasteiger partial charge on any atom is -0.386 e. The van der Waals surface area contributed by atoms with Crippen LogP contribution in [0.3, 0.4) is 0 Å². The molecule has 17 heavy (non-hydrogen) atoms. The SMILES string of the molecule is Cc1ccc(NCC(O)c2cccs2)cc1Cl. The van der Waals surface area contributed by atoms with Crippen LogP contribution in [0.15, 0.2) is 35.7 Å². The van der Waals surface area contributed by atoms with Gasteiger partial charge in [-0.25, -0.2) is 0 Å². The van der Waals surface area contributed by atoms with E-state index in [1.165, 1.54) is 0 Å². The first kappa shape index (κ1) is 12.4. The van der Waals surface area contributed by atoms with Gasteiger partial charge in [-0.2, -0.15) is 0 Å². The van der Waals surface area contributed by atoms with Crippen LogP contribution in [-0.2, 0) is 0 Å². The maximum absolute atomic E-state index is 9.91. The summed E-state index contributed by atoms with van der Waals surface area (Å²) in [5.74, 6) is 0. The van der Waals surface area contributed by atoms with E-state index in [2.05, 4.69) is 5.32 Å². The third-order valence-corrected chi connectivity index (χ3v) is 3.92. The van der Waals surface area contributed by atoms with Gasteiger partial charge < -0.3 is 10.4 Å². The lowest BCUT2D eigenvalue weighted by Crippen LogP contribution is -2.10. The maximum Gasteiger partial charge on any atom is 0.105 e. The predicted molar refractivity (Wildman–Crippen MR) is 74.0 cm³/mol. The Morgan fingerprint density at radius 3 is 2.88 bits per heavy atom. The zero-order chi connectivity index (χ0) is 12.3. The van der Waals surface area contributed by atoms with Gasteiger partial charge in [-0.15, -0.1) is 11.3 Å². The summed E-state index contributed by atoms with van der Waals surface area (Å²) in [6, 6.07) is 9.66. The Labute approximate surface area is 110 Å². The first-order valence-corrected chi connectivity index (χ1v) is 6.64. The van der Waals surface area contributed by atoms with Crippen LogP contribution >= 0.6 is 22.9 Å². The second-order valence-electron chi connectivity index (χ2n) is 3.88. The zero-order valence-corrected chi connectivity index (χ0v) is 11.1. The predicted octanol–water partition coefficient (Wildman–Crippen LogP) is 3.86. The lowest BCUT2D eigenvalue weighted by Gasteiger charge is -2.12. The molecule has 2 nitrogen and oxygen atoms in total. The molecule has 0 bridgehead atoms. The lowest BCUT2D eigenvalue weighted by atomic mass is 10.2. The average Bonchev–Trinajstić information content (AvgIpc) is 2.84. The van der Waals surface area contributed by atoms with E-state index in [4.69, 9.17) is 11.6 Å². The Balaban J connectivity index is 1.96. The van der Waals surface area contributed by atoms with Gasteiger partial charge in [-0.05, 0) is 36.1 Å². The van der Waals surface area contributed by atoms with Gasteiger partial charge in [-0.1, -0.05) is 23.7 Å². The molecule has 4 heteroatoms. The van der Waals surface area contributed by atoms with Crippen molar-refractivity contribution in [3.8, 4) is 0 Å². The molecule has 1 atom stereocenters. The van der Waals surface area contributed by atoms with Crippen molar-refractivity contribution in [3.63, 3.8) is 0 Å². The number of aliphatic hydroxyl groups excluding tert-OH is 1. The van der Waals surface area contributed by atoms with E-state index >= 15 is 0 Å². The van der Waals surface area contributed by atoms with Gasteiger partial charge >= 0.3 is 0 Å². The number of benzene rings is 1. The third-order valence-electron chi connectivity index (χ3n) is 2.54. The number of rotatable bonds is 4. The Hall–Kier alpha value is -1.03. The van der Waals surface area contributed by atoms with Crippen LogP contribution in [0.1, 0.15) is 16.5 Å². The first-order valence-electron chi connectivity index (χ1n) is 5.38. The van der Waals surface area contributed by atoms with Gasteiger partial charge in [0.1, 0.15) is 6.10 Å². The van der Waals surface area contributed by atoms with Gasteiger partial charge in [0, 0.05) is 22.1 Å². The number of aryl methyl sites for hydroxylation is 1. The Kier molecular flexibility index (Phi) is 4.05. The molecule has 0 aliphatic rings. The summed E-state index contributed by atoms with van der Waals surface area (Å²) >= 11 is 7.58. The second kappa shape index (κ2) is 5.54. The lowest BCUT2D eigenvalue weighted by molar-refractivity contribution is 0.195. The van der Waals surface area contributed by atoms with Crippen molar-refractivity contribution in [2.24, 2.45) is 0 Å². The summed E-state index contributed by atoms with van der Waals surface area (Å²) in [6.07, 6.45) is -0.477. The van der Waals surface area contributed by atoms with E-state index < -0.39 is 6.10 Å². The Morgan fingerprint density at radius 1 is 1.41 bits per heavy atom. The number of nitrogens with one attached hydrogen (secondary N) is 1. The number of hydrogen-bond acceptors (Lipinski definition) is 3. The fourth-order valence-corrected chi connectivity index (χ4v) is 2.39. The molecule has 1 aromatic heterocycles.